The number of alkyl halides is 2. The number of aromatic nitrogens is 1. The zero-order chi connectivity index (χ0) is 26.8. The molecular formula is C26H31F2N5O4. The molecule has 37 heavy (non-hydrogen) atoms. The standard InChI is InChI=1S/C26H31F2N5O4/c1-17(31-25(37)32-19-10-12-26(27,28)13-11-19)23(35)33-21(15-18-7-3-2-4-8-18)22(34)24(36)30-16-20-9-5-6-14-29-20/h2-9,14,17,19,21H,10-13,15-16H2,1H3,(H,30,36)(H,33,35)(H2,31,32,37)/t17-,21-/m1/s1. The fraction of sp³-hybridized carbons (Fsp3) is 0.423. The Kier molecular flexibility index (Phi) is 9.64. The van der Waals surface area contributed by atoms with Crippen molar-refractivity contribution in [3.05, 3.63) is 66.0 Å². The van der Waals surface area contributed by atoms with Crippen LogP contribution in [-0.4, -0.2) is 52.7 Å². The lowest BCUT2D eigenvalue weighted by Gasteiger charge is -2.29. The molecule has 1 aromatic heterocycles. The summed E-state index contributed by atoms with van der Waals surface area (Å²) in [6.07, 6.45) is 1.30. The van der Waals surface area contributed by atoms with Gasteiger partial charge in [0.2, 0.25) is 17.6 Å². The van der Waals surface area contributed by atoms with Crippen molar-refractivity contribution in [2.75, 3.05) is 0 Å². The molecule has 0 spiro atoms. The van der Waals surface area contributed by atoms with Crippen LogP contribution in [0.3, 0.4) is 0 Å². The minimum atomic E-state index is -2.72. The van der Waals surface area contributed by atoms with Gasteiger partial charge < -0.3 is 21.3 Å². The second-order valence-electron chi connectivity index (χ2n) is 9.09. The Labute approximate surface area is 213 Å². The van der Waals surface area contributed by atoms with Crippen LogP contribution < -0.4 is 21.3 Å². The van der Waals surface area contributed by atoms with Crippen LogP contribution in [0.4, 0.5) is 13.6 Å². The van der Waals surface area contributed by atoms with Crippen LogP contribution in [0.5, 0.6) is 0 Å². The first kappa shape index (κ1) is 27.7. The van der Waals surface area contributed by atoms with E-state index in [-0.39, 0.29) is 38.6 Å². The van der Waals surface area contributed by atoms with Gasteiger partial charge in [-0.1, -0.05) is 36.4 Å². The van der Waals surface area contributed by atoms with E-state index < -0.39 is 47.7 Å². The van der Waals surface area contributed by atoms with Crippen molar-refractivity contribution < 1.29 is 28.0 Å². The molecule has 1 fully saturated rings. The molecule has 2 atom stereocenters. The van der Waals surface area contributed by atoms with Gasteiger partial charge in [0.05, 0.1) is 12.2 Å². The number of halogens is 2. The Bertz CT molecular complexity index is 1070. The third-order valence-electron chi connectivity index (χ3n) is 6.09. The normalized spacial score (nSPS) is 16.6. The molecule has 4 N–H and O–H groups in total. The largest absolute Gasteiger partial charge is 0.344 e. The van der Waals surface area contributed by atoms with E-state index in [4.69, 9.17) is 0 Å². The summed E-state index contributed by atoms with van der Waals surface area (Å²) in [5.74, 6) is -5.10. The summed E-state index contributed by atoms with van der Waals surface area (Å²) in [5.41, 5.74) is 1.30. The zero-order valence-electron chi connectivity index (χ0n) is 20.5. The first-order valence-electron chi connectivity index (χ1n) is 12.1. The first-order valence-corrected chi connectivity index (χ1v) is 12.1. The van der Waals surface area contributed by atoms with Crippen molar-refractivity contribution in [1.82, 2.24) is 26.3 Å². The topological polar surface area (TPSA) is 129 Å². The number of Topliss-reactive ketones (excluding diaryl/α,β-unsaturated/α-hetero) is 1. The Morgan fingerprint density at radius 1 is 1.00 bits per heavy atom. The number of ketones is 1. The molecule has 11 heteroatoms. The van der Waals surface area contributed by atoms with Gasteiger partial charge in [0.25, 0.3) is 5.91 Å². The molecule has 3 rings (SSSR count). The highest BCUT2D eigenvalue weighted by molar-refractivity contribution is 6.38. The Morgan fingerprint density at radius 3 is 2.32 bits per heavy atom. The lowest BCUT2D eigenvalue weighted by Crippen LogP contribution is -2.55. The van der Waals surface area contributed by atoms with E-state index in [2.05, 4.69) is 26.3 Å². The quantitative estimate of drug-likeness (QED) is 0.361. The summed E-state index contributed by atoms with van der Waals surface area (Å²) in [6.45, 7) is 1.47. The minimum Gasteiger partial charge on any atom is -0.344 e. The maximum Gasteiger partial charge on any atom is 0.315 e. The summed E-state index contributed by atoms with van der Waals surface area (Å²) in [6, 6.07) is 10.8. The lowest BCUT2D eigenvalue weighted by atomic mass is 9.92. The number of carbonyl (C=O) groups excluding carboxylic acids is 4. The summed E-state index contributed by atoms with van der Waals surface area (Å²) >= 11 is 0. The van der Waals surface area contributed by atoms with Gasteiger partial charge in [-0.05, 0) is 37.5 Å². The van der Waals surface area contributed by atoms with Crippen LogP contribution in [0.1, 0.15) is 43.9 Å². The molecule has 1 saturated carbocycles. The second-order valence-corrected chi connectivity index (χ2v) is 9.09. The molecule has 1 aromatic carbocycles. The molecular weight excluding hydrogens is 484 g/mol. The van der Waals surface area contributed by atoms with Crippen LogP contribution in [0.25, 0.3) is 0 Å². The SMILES string of the molecule is C[C@@H](NC(=O)NC1CCC(F)(F)CC1)C(=O)N[C@H](Cc1ccccc1)C(=O)C(=O)NCc1ccccn1. The molecule has 0 bridgehead atoms. The number of urea groups is 1. The van der Waals surface area contributed by atoms with E-state index >= 15 is 0 Å². The highest BCUT2D eigenvalue weighted by atomic mass is 19.3. The van der Waals surface area contributed by atoms with E-state index in [1.165, 1.54) is 6.92 Å². The summed E-state index contributed by atoms with van der Waals surface area (Å²) in [5, 5.41) is 10.1. The number of hydrogen-bond donors (Lipinski definition) is 4. The van der Waals surface area contributed by atoms with Crippen LogP contribution >= 0.6 is 0 Å². The summed E-state index contributed by atoms with van der Waals surface area (Å²) < 4.78 is 26.7. The minimum absolute atomic E-state index is 0.0443. The summed E-state index contributed by atoms with van der Waals surface area (Å²) in [7, 11) is 0. The van der Waals surface area contributed by atoms with Crippen molar-refractivity contribution in [2.45, 2.75) is 69.6 Å². The maximum absolute atomic E-state index is 13.3. The van der Waals surface area contributed by atoms with Crippen molar-refractivity contribution >= 4 is 23.6 Å². The number of amides is 4. The Hall–Kier alpha value is -3.89. The van der Waals surface area contributed by atoms with Gasteiger partial charge >= 0.3 is 6.03 Å². The van der Waals surface area contributed by atoms with Gasteiger partial charge in [0, 0.05) is 31.5 Å². The van der Waals surface area contributed by atoms with Gasteiger partial charge in [-0.15, -0.1) is 0 Å². The molecule has 4 amide bonds. The van der Waals surface area contributed by atoms with Gasteiger partial charge in [-0.3, -0.25) is 19.4 Å². The molecule has 0 radical (unpaired) electrons. The molecule has 1 heterocycles. The number of nitrogens with one attached hydrogen (secondary N) is 4. The predicted octanol–water partition coefficient (Wildman–Crippen LogP) is 2.26. The lowest BCUT2D eigenvalue weighted by molar-refractivity contribution is -0.140. The average Bonchev–Trinajstić information content (AvgIpc) is 2.88. The van der Waals surface area contributed by atoms with Gasteiger partial charge in [0.15, 0.2) is 0 Å². The van der Waals surface area contributed by atoms with Crippen LogP contribution in [0.15, 0.2) is 54.7 Å². The van der Waals surface area contributed by atoms with Crippen molar-refractivity contribution in [1.29, 1.82) is 0 Å². The average molecular weight is 516 g/mol. The number of hydrogen-bond acceptors (Lipinski definition) is 5. The Morgan fingerprint density at radius 2 is 1.68 bits per heavy atom. The number of nitrogens with zero attached hydrogens (tertiary/aromatic N) is 1. The molecule has 0 aliphatic heterocycles. The molecule has 0 unspecified atom stereocenters. The fourth-order valence-electron chi connectivity index (χ4n) is 3.95. The van der Waals surface area contributed by atoms with Crippen molar-refractivity contribution in [2.24, 2.45) is 0 Å². The predicted molar refractivity (Wildman–Crippen MR) is 131 cm³/mol. The third kappa shape index (κ3) is 8.93. The molecule has 198 valence electrons. The van der Waals surface area contributed by atoms with Gasteiger partial charge in [-0.25, -0.2) is 13.6 Å². The molecule has 0 saturated heterocycles. The van der Waals surface area contributed by atoms with E-state index in [1.807, 2.05) is 0 Å². The zero-order valence-corrected chi connectivity index (χ0v) is 20.5. The molecule has 2 aromatic rings. The van der Waals surface area contributed by atoms with E-state index in [9.17, 15) is 28.0 Å². The van der Waals surface area contributed by atoms with Crippen LogP contribution in [0.2, 0.25) is 0 Å². The maximum atomic E-state index is 13.3. The van der Waals surface area contributed by atoms with Crippen molar-refractivity contribution in [3.63, 3.8) is 0 Å². The van der Waals surface area contributed by atoms with Crippen LogP contribution in [-0.2, 0) is 27.3 Å². The number of benzene rings is 1. The Balaban J connectivity index is 1.57. The van der Waals surface area contributed by atoms with E-state index in [1.54, 1.807) is 54.7 Å². The molecule has 1 aliphatic carbocycles. The highest BCUT2D eigenvalue weighted by Gasteiger charge is 2.35. The number of rotatable bonds is 10. The van der Waals surface area contributed by atoms with E-state index in [0.29, 0.717) is 5.69 Å². The monoisotopic (exact) mass is 515 g/mol. The third-order valence-corrected chi connectivity index (χ3v) is 6.09. The highest BCUT2D eigenvalue weighted by Crippen LogP contribution is 2.32. The second kappa shape index (κ2) is 12.9. The summed E-state index contributed by atoms with van der Waals surface area (Å²) in [4.78, 5) is 54.7. The molecule has 1 aliphatic rings. The fourth-order valence-corrected chi connectivity index (χ4v) is 3.95. The van der Waals surface area contributed by atoms with Gasteiger partial charge in [0.1, 0.15) is 12.1 Å². The first-order chi connectivity index (χ1) is 17.6. The smallest absolute Gasteiger partial charge is 0.315 e. The van der Waals surface area contributed by atoms with Crippen molar-refractivity contribution in [3.8, 4) is 0 Å². The number of carbonyl (C=O) groups is 4. The van der Waals surface area contributed by atoms with Gasteiger partial charge in [-0.2, -0.15) is 0 Å². The number of pyridine rings is 1. The van der Waals surface area contributed by atoms with Crippen LogP contribution in [0, 0.1) is 0 Å². The van der Waals surface area contributed by atoms with E-state index in [0.717, 1.165) is 5.56 Å². The molecule has 9 nitrogen and oxygen atoms in total.